The molecule has 1 rings (SSSR count). The lowest BCUT2D eigenvalue weighted by Gasteiger charge is -2.17. The second kappa shape index (κ2) is 5.29. The van der Waals surface area contributed by atoms with Crippen LogP contribution in [0.15, 0.2) is 6.07 Å². The van der Waals surface area contributed by atoms with Crippen LogP contribution in [0.25, 0.3) is 0 Å². The Hall–Kier alpha value is -1.81. The van der Waals surface area contributed by atoms with E-state index in [1.54, 1.807) is 0 Å². The van der Waals surface area contributed by atoms with Crippen LogP contribution < -0.4 is 9.47 Å². The number of halogens is 8. The van der Waals surface area contributed by atoms with Crippen molar-refractivity contribution in [2.45, 2.75) is 19.0 Å². The predicted octanol–water partition coefficient (Wildman–Crippen LogP) is 3.95. The highest BCUT2D eigenvalue weighted by Gasteiger charge is 2.40. The fourth-order valence-corrected chi connectivity index (χ4v) is 1.21. The summed E-state index contributed by atoms with van der Waals surface area (Å²) in [6, 6.07) is -0.235. The van der Waals surface area contributed by atoms with Crippen molar-refractivity contribution in [3.63, 3.8) is 0 Å². The summed E-state index contributed by atoms with van der Waals surface area (Å²) in [5.74, 6) is -3.01. The Morgan fingerprint density at radius 3 is 2.00 bits per heavy atom. The third-order valence-electron chi connectivity index (χ3n) is 1.91. The van der Waals surface area contributed by atoms with Gasteiger partial charge >= 0.3 is 12.5 Å². The normalized spacial score (nSPS) is 12.7. The van der Waals surface area contributed by atoms with Gasteiger partial charge in [0.1, 0.15) is 5.56 Å². The summed E-state index contributed by atoms with van der Waals surface area (Å²) in [5.41, 5.74) is -3.36. The van der Waals surface area contributed by atoms with Crippen molar-refractivity contribution in [3.05, 3.63) is 17.3 Å². The summed E-state index contributed by atoms with van der Waals surface area (Å²) >= 11 is 0. The minimum absolute atomic E-state index is 0.235. The van der Waals surface area contributed by atoms with Crippen LogP contribution in [-0.4, -0.2) is 18.5 Å². The van der Waals surface area contributed by atoms with Crippen molar-refractivity contribution in [1.82, 2.24) is 4.98 Å². The van der Waals surface area contributed by atoms with Crippen molar-refractivity contribution in [3.8, 4) is 11.6 Å². The van der Waals surface area contributed by atoms with Crippen LogP contribution in [0.5, 0.6) is 11.6 Å². The van der Waals surface area contributed by atoms with E-state index in [9.17, 15) is 35.1 Å². The maximum Gasteiger partial charge on any atom is 0.573 e. The van der Waals surface area contributed by atoms with Crippen LogP contribution >= 0.6 is 0 Å². The van der Waals surface area contributed by atoms with Crippen LogP contribution in [-0.2, 0) is 6.18 Å². The van der Waals surface area contributed by atoms with Gasteiger partial charge in [0.2, 0.25) is 5.88 Å². The summed E-state index contributed by atoms with van der Waals surface area (Å²) in [4.78, 5) is 2.72. The quantitative estimate of drug-likeness (QED) is 0.792. The molecular formula is C9H5F8NO2. The van der Waals surface area contributed by atoms with E-state index < -0.39 is 41.9 Å². The van der Waals surface area contributed by atoms with Crippen molar-refractivity contribution in [2.75, 3.05) is 7.11 Å². The van der Waals surface area contributed by atoms with Gasteiger partial charge in [0.15, 0.2) is 11.4 Å². The number of alkyl halides is 8. The summed E-state index contributed by atoms with van der Waals surface area (Å²) in [6.45, 7) is 0. The molecule has 0 aliphatic heterocycles. The smallest absolute Gasteiger partial charge is 0.481 e. The molecule has 0 bridgehead atoms. The van der Waals surface area contributed by atoms with E-state index in [1.165, 1.54) is 0 Å². The van der Waals surface area contributed by atoms with Crippen molar-refractivity contribution < 1.29 is 44.6 Å². The summed E-state index contributed by atoms with van der Waals surface area (Å²) in [5, 5.41) is 0. The molecule has 0 N–H and O–H groups in total. The maximum absolute atomic E-state index is 12.5. The number of nitrogens with zero attached hydrogens (tertiary/aromatic N) is 1. The van der Waals surface area contributed by atoms with Gasteiger partial charge in [-0.3, -0.25) is 0 Å². The second-order valence-electron chi connectivity index (χ2n) is 3.27. The molecule has 1 aromatic heterocycles. The molecule has 0 aliphatic carbocycles. The molecule has 0 atom stereocenters. The van der Waals surface area contributed by atoms with Gasteiger partial charge in [-0.05, 0) is 0 Å². The first-order valence-corrected chi connectivity index (χ1v) is 4.65. The first-order valence-electron chi connectivity index (χ1n) is 4.65. The zero-order chi connectivity index (χ0) is 15.7. The number of ether oxygens (including phenoxy) is 2. The average Bonchev–Trinajstić information content (AvgIpc) is 2.24. The van der Waals surface area contributed by atoms with Gasteiger partial charge in [-0.1, -0.05) is 0 Å². The van der Waals surface area contributed by atoms with Crippen LogP contribution in [0.1, 0.15) is 17.7 Å². The third kappa shape index (κ3) is 3.84. The van der Waals surface area contributed by atoms with Gasteiger partial charge in [-0.2, -0.15) is 13.2 Å². The molecule has 0 saturated carbocycles. The van der Waals surface area contributed by atoms with E-state index >= 15 is 0 Å². The number of hydrogen-bond donors (Lipinski definition) is 0. The van der Waals surface area contributed by atoms with Gasteiger partial charge in [-0.15, -0.1) is 13.2 Å². The molecule has 3 nitrogen and oxygen atoms in total. The van der Waals surface area contributed by atoms with E-state index in [2.05, 4.69) is 14.5 Å². The molecule has 1 heterocycles. The van der Waals surface area contributed by atoms with E-state index in [0.717, 1.165) is 0 Å². The van der Waals surface area contributed by atoms with Crippen molar-refractivity contribution in [1.29, 1.82) is 0 Å². The van der Waals surface area contributed by atoms with Crippen LogP contribution in [0.2, 0.25) is 0 Å². The van der Waals surface area contributed by atoms with Gasteiger partial charge in [0, 0.05) is 6.07 Å². The molecule has 0 fully saturated rings. The number of methoxy groups -OCH3 is 1. The number of pyridine rings is 1. The molecule has 0 spiro atoms. The lowest BCUT2D eigenvalue weighted by molar-refractivity contribution is -0.275. The summed E-state index contributed by atoms with van der Waals surface area (Å²) in [6.07, 6.45) is -14.2. The highest BCUT2D eigenvalue weighted by molar-refractivity contribution is 5.41. The first kappa shape index (κ1) is 16.2. The Bertz CT molecular complexity index is 482. The Morgan fingerprint density at radius 1 is 1.10 bits per heavy atom. The molecule has 1 aromatic rings. The molecule has 11 heteroatoms. The summed E-state index contributed by atoms with van der Waals surface area (Å²) in [7, 11) is 0.705. The van der Waals surface area contributed by atoms with Crippen LogP contribution in [0, 0.1) is 0 Å². The summed E-state index contributed by atoms with van der Waals surface area (Å²) < 4.78 is 106. The van der Waals surface area contributed by atoms with Gasteiger partial charge in [0.25, 0.3) is 6.43 Å². The van der Waals surface area contributed by atoms with E-state index in [-0.39, 0.29) is 6.07 Å². The Morgan fingerprint density at radius 2 is 1.65 bits per heavy atom. The average molecular weight is 311 g/mol. The van der Waals surface area contributed by atoms with Gasteiger partial charge in [0.05, 0.1) is 7.11 Å². The Balaban J connectivity index is 3.47. The fourth-order valence-electron chi connectivity index (χ4n) is 1.21. The largest absolute Gasteiger partial charge is 0.573 e. The molecule has 0 unspecified atom stereocenters. The van der Waals surface area contributed by atoms with E-state index in [0.29, 0.717) is 7.11 Å². The first-order chi connectivity index (χ1) is 8.95. The lowest BCUT2D eigenvalue weighted by atomic mass is 10.2. The molecule has 0 radical (unpaired) electrons. The molecule has 0 saturated heterocycles. The second-order valence-corrected chi connectivity index (χ2v) is 3.27. The molecule has 0 aromatic carbocycles. The molecule has 20 heavy (non-hydrogen) atoms. The highest BCUT2D eigenvalue weighted by atomic mass is 19.4. The molecule has 114 valence electrons. The Kier molecular flexibility index (Phi) is 4.30. The maximum atomic E-state index is 12.5. The minimum Gasteiger partial charge on any atom is -0.481 e. The standard InChI is InChI=1S/C9H5F8NO2/c1-19-7-3(8(12,13)14)2-4(20-9(15,16)17)5(18-7)6(10)11/h2,6H,1H3. The van der Waals surface area contributed by atoms with Gasteiger partial charge in [-0.25, -0.2) is 13.8 Å². The highest BCUT2D eigenvalue weighted by Crippen LogP contribution is 2.41. The van der Waals surface area contributed by atoms with Gasteiger partial charge < -0.3 is 9.47 Å². The monoisotopic (exact) mass is 311 g/mol. The number of aromatic nitrogens is 1. The predicted molar refractivity (Wildman–Crippen MR) is 47.4 cm³/mol. The van der Waals surface area contributed by atoms with Crippen molar-refractivity contribution in [2.24, 2.45) is 0 Å². The Labute approximate surface area is 106 Å². The third-order valence-corrected chi connectivity index (χ3v) is 1.91. The molecular weight excluding hydrogens is 306 g/mol. The van der Waals surface area contributed by atoms with Crippen LogP contribution in [0.4, 0.5) is 35.1 Å². The topological polar surface area (TPSA) is 31.4 Å². The molecule has 0 aliphatic rings. The van der Waals surface area contributed by atoms with Crippen LogP contribution in [0.3, 0.4) is 0 Å². The number of rotatable bonds is 3. The van der Waals surface area contributed by atoms with Crippen molar-refractivity contribution >= 4 is 0 Å². The number of hydrogen-bond acceptors (Lipinski definition) is 3. The van der Waals surface area contributed by atoms with E-state index in [4.69, 9.17) is 0 Å². The zero-order valence-corrected chi connectivity index (χ0v) is 9.44. The lowest BCUT2D eigenvalue weighted by Crippen LogP contribution is -2.20. The SMILES string of the molecule is COc1nc(C(F)F)c(OC(F)(F)F)cc1C(F)(F)F. The zero-order valence-electron chi connectivity index (χ0n) is 9.44. The molecule has 0 amide bonds. The van der Waals surface area contributed by atoms with E-state index in [1.807, 2.05) is 0 Å². The minimum atomic E-state index is -5.44. The fraction of sp³-hybridized carbons (Fsp3) is 0.444.